The molecule has 2 amide bonds. The van der Waals surface area contributed by atoms with Crippen LogP contribution in [-0.4, -0.2) is 53.3 Å². The summed E-state index contributed by atoms with van der Waals surface area (Å²) in [7, 11) is 4.03. The zero-order valence-corrected chi connectivity index (χ0v) is 15.3. The van der Waals surface area contributed by atoms with Gasteiger partial charge in [0.05, 0.1) is 0 Å². The molecule has 0 bridgehead atoms. The van der Waals surface area contributed by atoms with E-state index in [1.54, 1.807) is 0 Å². The van der Waals surface area contributed by atoms with E-state index in [1.807, 2.05) is 44.1 Å². The maximum atomic E-state index is 12.5. The molecule has 2 N–H and O–H groups in total. The molecule has 0 atom stereocenters. The third-order valence-electron chi connectivity index (χ3n) is 4.69. The fourth-order valence-corrected chi connectivity index (χ4v) is 3.32. The third kappa shape index (κ3) is 3.92. The molecule has 2 aromatic rings. The van der Waals surface area contributed by atoms with Gasteiger partial charge < -0.3 is 15.1 Å². The predicted molar refractivity (Wildman–Crippen MR) is 99.2 cm³/mol. The number of aromatic amines is 1. The lowest BCUT2D eigenvalue weighted by atomic mass is 9.96. The highest BCUT2D eigenvalue weighted by molar-refractivity contribution is 5.89. The van der Waals surface area contributed by atoms with Crippen molar-refractivity contribution < 1.29 is 4.79 Å². The van der Waals surface area contributed by atoms with E-state index in [2.05, 4.69) is 32.3 Å². The summed E-state index contributed by atoms with van der Waals surface area (Å²) < 4.78 is 0. The van der Waals surface area contributed by atoms with Crippen molar-refractivity contribution in [3.63, 3.8) is 0 Å². The first-order valence-electron chi connectivity index (χ1n) is 8.67. The second-order valence-corrected chi connectivity index (χ2v) is 6.87. The number of nitrogens with one attached hydrogen (secondary N) is 2. The third-order valence-corrected chi connectivity index (χ3v) is 4.69. The molecule has 1 fully saturated rings. The first-order chi connectivity index (χ1) is 11.9. The van der Waals surface area contributed by atoms with Gasteiger partial charge in [0, 0.05) is 44.5 Å². The van der Waals surface area contributed by atoms with Gasteiger partial charge in [-0.3, -0.25) is 5.10 Å². The molecule has 1 aliphatic heterocycles. The van der Waals surface area contributed by atoms with E-state index in [0.717, 1.165) is 54.5 Å². The number of H-pyrrole nitrogens is 1. The fourth-order valence-electron chi connectivity index (χ4n) is 3.32. The lowest BCUT2D eigenvalue weighted by molar-refractivity contribution is 0.193. The number of aromatic nitrogens is 3. The van der Waals surface area contributed by atoms with E-state index in [-0.39, 0.29) is 6.03 Å². The average Bonchev–Trinajstić information content (AvgIpc) is 3.01. The van der Waals surface area contributed by atoms with Crippen LogP contribution in [0, 0.1) is 13.8 Å². The van der Waals surface area contributed by atoms with E-state index in [1.165, 1.54) is 0 Å². The van der Waals surface area contributed by atoms with Gasteiger partial charge in [0.2, 0.25) is 0 Å². The van der Waals surface area contributed by atoms with Crippen LogP contribution in [0.15, 0.2) is 18.2 Å². The first kappa shape index (κ1) is 17.3. The summed E-state index contributed by atoms with van der Waals surface area (Å²) in [6.45, 7) is 5.40. The van der Waals surface area contributed by atoms with E-state index in [9.17, 15) is 4.79 Å². The molecular weight excluding hydrogens is 316 g/mol. The summed E-state index contributed by atoms with van der Waals surface area (Å²) >= 11 is 0. The van der Waals surface area contributed by atoms with Gasteiger partial charge >= 0.3 is 6.03 Å². The second kappa shape index (κ2) is 7.13. The van der Waals surface area contributed by atoms with E-state index in [4.69, 9.17) is 0 Å². The number of carbonyl (C=O) groups is 1. The van der Waals surface area contributed by atoms with Crippen molar-refractivity contribution in [2.45, 2.75) is 32.6 Å². The quantitative estimate of drug-likeness (QED) is 0.899. The topological polar surface area (TPSA) is 77.2 Å². The van der Waals surface area contributed by atoms with Crippen LogP contribution in [0.1, 0.15) is 36.0 Å². The molecule has 7 heteroatoms. The highest BCUT2D eigenvalue weighted by atomic mass is 16.2. The number of hydrogen-bond acceptors (Lipinski definition) is 4. The molecule has 7 nitrogen and oxygen atoms in total. The normalized spacial score (nSPS) is 15.3. The molecule has 3 rings (SSSR count). The van der Waals surface area contributed by atoms with Crippen LogP contribution in [0.25, 0.3) is 0 Å². The van der Waals surface area contributed by atoms with Gasteiger partial charge in [0.25, 0.3) is 0 Å². The zero-order valence-electron chi connectivity index (χ0n) is 15.3. The highest BCUT2D eigenvalue weighted by Crippen LogP contribution is 2.26. The van der Waals surface area contributed by atoms with Crippen LogP contribution >= 0.6 is 0 Å². The Morgan fingerprint density at radius 1 is 1.28 bits per heavy atom. The molecule has 2 heterocycles. The number of anilines is 2. The van der Waals surface area contributed by atoms with Crippen molar-refractivity contribution in [3.8, 4) is 0 Å². The Hall–Kier alpha value is -2.57. The summed E-state index contributed by atoms with van der Waals surface area (Å²) in [6.07, 6.45) is 1.78. The van der Waals surface area contributed by atoms with Crippen molar-refractivity contribution in [3.05, 3.63) is 35.4 Å². The molecule has 1 aliphatic rings. The van der Waals surface area contributed by atoms with Crippen LogP contribution in [0.3, 0.4) is 0 Å². The molecular formula is C18H26N6O. The minimum absolute atomic E-state index is 0.0402. The van der Waals surface area contributed by atoms with Crippen LogP contribution in [0.2, 0.25) is 0 Å². The van der Waals surface area contributed by atoms with E-state index < -0.39 is 0 Å². The van der Waals surface area contributed by atoms with E-state index in [0.29, 0.717) is 5.92 Å². The van der Waals surface area contributed by atoms with Crippen molar-refractivity contribution in [1.82, 2.24) is 20.1 Å². The minimum Gasteiger partial charge on any atom is -0.377 e. The molecule has 0 spiro atoms. The van der Waals surface area contributed by atoms with Gasteiger partial charge in [-0.25, -0.2) is 9.78 Å². The SMILES string of the molecule is Cc1nc(C2CCN(C(=O)Nc3ccc(N(C)C)c(C)c3)CC2)n[nH]1. The molecule has 1 aromatic heterocycles. The zero-order chi connectivity index (χ0) is 18.0. The number of nitrogens with zero attached hydrogens (tertiary/aromatic N) is 4. The summed E-state index contributed by atoms with van der Waals surface area (Å²) in [5.41, 5.74) is 3.13. The summed E-state index contributed by atoms with van der Waals surface area (Å²) in [5.74, 6) is 2.04. The molecule has 25 heavy (non-hydrogen) atoms. The number of urea groups is 1. The Kier molecular flexibility index (Phi) is 4.92. The number of aryl methyl sites for hydroxylation is 2. The minimum atomic E-state index is -0.0402. The Bertz CT molecular complexity index is 746. The number of benzene rings is 1. The van der Waals surface area contributed by atoms with Crippen molar-refractivity contribution in [2.24, 2.45) is 0 Å². The fraction of sp³-hybridized carbons (Fsp3) is 0.500. The second-order valence-electron chi connectivity index (χ2n) is 6.87. The maximum Gasteiger partial charge on any atom is 0.321 e. The molecule has 134 valence electrons. The van der Waals surface area contributed by atoms with E-state index >= 15 is 0 Å². The van der Waals surface area contributed by atoms with Crippen LogP contribution in [0.5, 0.6) is 0 Å². The first-order valence-corrected chi connectivity index (χ1v) is 8.67. The van der Waals surface area contributed by atoms with Crippen LogP contribution in [-0.2, 0) is 0 Å². The molecule has 1 aromatic carbocycles. The van der Waals surface area contributed by atoms with Crippen molar-refractivity contribution >= 4 is 17.4 Å². The molecule has 0 radical (unpaired) electrons. The van der Waals surface area contributed by atoms with Gasteiger partial charge in [0.15, 0.2) is 5.82 Å². The summed E-state index contributed by atoms with van der Waals surface area (Å²) in [6, 6.07) is 5.95. The number of likely N-dealkylation sites (tertiary alicyclic amines) is 1. The van der Waals surface area contributed by atoms with Gasteiger partial charge in [-0.15, -0.1) is 0 Å². The molecule has 0 saturated carbocycles. The summed E-state index contributed by atoms with van der Waals surface area (Å²) in [5, 5.41) is 10.2. The standard InChI is InChI=1S/C18H26N6O/c1-12-11-15(5-6-16(12)23(3)4)20-18(25)24-9-7-14(8-10-24)17-19-13(2)21-22-17/h5-6,11,14H,7-10H2,1-4H3,(H,20,25)(H,19,21,22). The number of carbonyl (C=O) groups excluding carboxylic acids is 1. The molecule has 0 aliphatic carbocycles. The number of hydrogen-bond donors (Lipinski definition) is 2. The number of rotatable bonds is 3. The van der Waals surface area contributed by atoms with Crippen molar-refractivity contribution in [2.75, 3.05) is 37.4 Å². The van der Waals surface area contributed by atoms with Gasteiger partial charge in [-0.05, 0) is 50.5 Å². The Balaban J connectivity index is 1.57. The lowest BCUT2D eigenvalue weighted by Gasteiger charge is -2.31. The smallest absolute Gasteiger partial charge is 0.321 e. The van der Waals surface area contributed by atoms with Gasteiger partial charge in [0.1, 0.15) is 5.82 Å². The average molecular weight is 342 g/mol. The largest absolute Gasteiger partial charge is 0.377 e. The Morgan fingerprint density at radius 3 is 2.56 bits per heavy atom. The van der Waals surface area contributed by atoms with Crippen molar-refractivity contribution in [1.29, 1.82) is 0 Å². The predicted octanol–water partition coefficient (Wildman–Crippen LogP) is 2.90. The maximum absolute atomic E-state index is 12.5. The van der Waals surface area contributed by atoms with Gasteiger partial charge in [-0.1, -0.05) is 0 Å². The monoisotopic (exact) mass is 342 g/mol. The Labute approximate surface area is 148 Å². The van der Waals surface area contributed by atoms with Gasteiger partial charge in [-0.2, -0.15) is 5.10 Å². The number of amides is 2. The molecule has 0 unspecified atom stereocenters. The summed E-state index contributed by atoms with van der Waals surface area (Å²) in [4.78, 5) is 20.9. The number of piperidine rings is 1. The lowest BCUT2D eigenvalue weighted by Crippen LogP contribution is -2.40. The highest BCUT2D eigenvalue weighted by Gasteiger charge is 2.26. The van der Waals surface area contributed by atoms with Crippen LogP contribution < -0.4 is 10.2 Å². The molecule has 1 saturated heterocycles. The Morgan fingerprint density at radius 2 is 2.00 bits per heavy atom. The van der Waals surface area contributed by atoms with Crippen LogP contribution in [0.4, 0.5) is 16.2 Å².